The molecule has 2 heterocycles. The fraction of sp³-hybridized carbons (Fsp3) is 0.286. The van der Waals surface area contributed by atoms with Crippen molar-refractivity contribution in [3.05, 3.63) is 74.7 Å². The Morgan fingerprint density at radius 2 is 1.89 bits per heavy atom. The third-order valence-electron chi connectivity index (χ3n) is 4.41. The van der Waals surface area contributed by atoms with Crippen LogP contribution in [0.15, 0.2) is 41.8 Å². The maximum absolute atomic E-state index is 12.5. The molecule has 0 unspecified atom stereocenters. The van der Waals surface area contributed by atoms with Crippen LogP contribution in [0.1, 0.15) is 37.7 Å². The van der Waals surface area contributed by atoms with E-state index in [9.17, 15) is 9.59 Å². The van der Waals surface area contributed by atoms with E-state index in [2.05, 4.69) is 10.4 Å². The highest BCUT2D eigenvalue weighted by atomic mass is 32.1. The van der Waals surface area contributed by atoms with E-state index < -0.39 is 5.97 Å². The number of ether oxygens (including phenoxy) is 1. The van der Waals surface area contributed by atoms with Gasteiger partial charge in [-0.15, -0.1) is 11.3 Å². The van der Waals surface area contributed by atoms with Gasteiger partial charge in [-0.05, 0) is 37.8 Å². The Morgan fingerprint density at radius 3 is 2.57 bits per heavy atom. The minimum Gasteiger partial charge on any atom is -0.452 e. The zero-order chi connectivity index (χ0) is 20.1. The highest BCUT2D eigenvalue weighted by Gasteiger charge is 2.21. The first kappa shape index (κ1) is 19.8. The standard InChI is InChI=1S/C21H23N3O3S/c1-14-6-8-17(9-7-14)12-24-16(3)20(15(2)23-24)21(26)27-13-19(25)22-11-18-5-4-10-28-18/h4-10H,11-13H2,1-3H3,(H,22,25). The number of aryl methyl sites for hydroxylation is 2. The van der Waals surface area contributed by atoms with Crippen molar-refractivity contribution in [2.24, 2.45) is 0 Å². The van der Waals surface area contributed by atoms with Gasteiger partial charge in [0.25, 0.3) is 5.91 Å². The lowest BCUT2D eigenvalue weighted by Crippen LogP contribution is -2.28. The van der Waals surface area contributed by atoms with Crippen molar-refractivity contribution in [1.82, 2.24) is 15.1 Å². The third-order valence-corrected chi connectivity index (χ3v) is 5.29. The summed E-state index contributed by atoms with van der Waals surface area (Å²) in [6.45, 7) is 6.33. The van der Waals surface area contributed by atoms with Crippen molar-refractivity contribution in [1.29, 1.82) is 0 Å². The number of carbonyl (C=O) groups is 2. The van der Waals surface area contributed by atoms with E-state index >= 15 is 0 Å². The highest BCUT2D eigenvalue weighted by Crippen LogP contribution is 2.16. The second-order valence-corrected chi connectivity index (χ2v) is 7.65. The molecule has 1 amide bonds. The monoisotopic (exact) mass is 397 g/mol. The minimum absolute atomic E-state index is 0.313. The lowest BCUT2D eigenvalue weighted by Gasteiger charge is -2.07. The number of hydrogen-bond acceptors (Lipinski definition) is 5. The zero-order valence-electron chi connectivity index (χ0n) is 16.2. The van der Waals surface area contributed by atoms with Gasteiger partial charge < -0.3 is 10.1 Å². The van der Waals surface area contributed by atoms with Crippen molar-refractivity contribution in [2.45, 2.75) is 33.9 Å². The zero-order valence-corrected chi connectivity index (χ0v) is 17.0. The lowest BCUT2D eigenvalue weighted by atomic mass is 10.1. The van der Waals surface area contributed by atoms with Gasteiger partial charge in [0.2, 0.25) is 0 Å². The van der Waals surface area contributed by atoms with Crippen LogP contribution in [0.25, 0.3) is 0 Å². The fourth-order valence-electron chi connectivity index (χ4n) is 2.87. The summed E-state index contributed by atoms with van der Waals surface area (Å²) in [6.07, 6.45) is 0. The van der Waals surface area contributed by atoms with Crippen LogP contribution in [0.5, 0.6) is 0 Å². The van der Waals surface area contributed by atoms with E-state index in [1.54, 1.807) is 22.9 Å². The number of thiophene rings is 1. The van der Waals surface area contributed by atoms with Crippen LogP contribution in [0.4, 0.5) is 0 Å². The summed E-state index contributed by atoms with van der Waals surface area (Å²) in [5, 5.41) is 9.15. The van der Waals surface area contributed by atoms with Crippen LogP contribution in [0, 0.1) is 20.8 Å². The predicted octanol–water partition coefficient (Wildman–Crippen LogP) is 3.39. The molecular weight excluding hydrogens is 374 g/mol. The summed E-state index contributed by atoms with van der Waals surface area (Å²) < 4.78 is 6.98. The molecule has 0 saturated carbocycles. The number of nitrogens with one attached hydrogen (secondary N) is 1. The van der Waals surface area contributed by atoms with E-state index in [1.165, 1.54) is 5.56 Å². The Kier molecular flexibility index (Phi) is 6.26. The highest BCUT2D eigenvalue weighted by molar-refractivity contribution is 7.09. The van der Waals surface area contributed by atoms with Crippen LogP contribution in [-0.4, -0.2) is 28.3 Å². The van der Waals surface area contributed by atoms with Crippen molar-refractivity contribution in [2.75, 3.05) is 6.61 Å². The first-order valence-electron chi connectivity index (χ1n) is 9.00. The SMILES string of the molecule is Cc1ccc(Cn2nc(C)c(C(=O)OCC(=O)NCc3cccs3)c2C)cc1. The minimum atomic E-state index is -0.531. The largest absolute Gasteiger partial charge is 0.452 e. The molecule has 6 nitrogen and oxygen atoms in total. The number of benzene rings is 1. The summed E-state index contributed by atoms with van der Waals surface area (Å²) in [6, 6.07) is 12.0. The summed E-state index contributed by atoms with van der Waals surface area (Å²) >= 11 is 1.56. The van der Waals surface area contributed by atoms with Gasteiger partial charge in [-0.2, -0.15) is 5.10 Å². The molecule has 0 aliphatic heterocycles. The molecule has 0 fully saturated rings. The van der Waals surface area contributed by atoms with E-state index in [0.717, 1.165) is 16.1 Å². The number of aromatic nitrogens is 2. The fourth-order valence-corrected chi connectivity index (χ4v) is 3.51. The van der Waals surface area contributed by atoms with Crippen molar-refractivity contribution >= 4 is 23.2 Å². The molecule has 0 radical (unpaired) electrons. The Balaban J connectivity index is 1.59. The van der Waals surface area contributed by atoms with Crippen LogP contribution in [0.3, 0.4) is 0 Å². The summed E-state index contributed by atoms with van der Waals surface area (Å²) in [5.74, 6) is -0.861. The predicted molar refractivity (Wildman–Crippen MR) is 108 cm³/mol. The number of nitrogens with zero attached hydrogens (tertiary/aromatic N) is 2. The van der Waals surface area contributed by atoms with Gasteiger partial charge in [0, 0.05) is 4.88 Å². The maximum atomic E-state index is 12.5. The topological polar surface area (TPSA) is 73.2 Å². The van der Waals surface area contributed by atoms with E-state index in [4.69, 9.17) is 4.74 Å². The van der Waals surface area contributed by atoms with Crippen LogP contribution in [-0.2, 0) is 22.6 Å². The first-order valence-corrected chi connectivity index (χ1v) is 9.87. The smallest absolute Gasteiger partial charge is 0.342 e. The molecule has 7 heteroatoms. The molecule has 146 valence electrons. The first-order chi connectivity index (χ1) is 13.4. The van der Waals surface area contributed by atoms with Gasteiger partial charge in [-0.1, -0.05) is 35.9 Å². The van der Waals surface area contributed by atoms with Gasteiger partial charge in [0.05, 0.1) is 24.5 Å². The van der Waals surface area contributed by atoms with Crippen LogP contribution < -0.4 is 5.32 Å². The number of rotatable bonds is 7. The summed E-state index contributed by atoms with van der Waals surface area (Å²) in [7, 11) is 0. The molecule has 0 aliphatic rings. The number of carbonyl (C=O) groups excluding carboxylic acids is 2. The third kappa shape index (κ3) is 4.86. The molecule has 0 aliphatic carbocycles. The summed E-state index contributed by atoms with van der Waals surface area (Å²) in [5.41, 5.74) is 4.02. The molecule has 1 N–H and O–H groups in total. The quantitative estimate of drug-likeness (QED) is 0.620. The Bertz CT molecular complexity index is 960. The van der Waals surface area contributed by atoms with Crippen LogP contribution >= 0.6 is 11.3 Å². The normalized spacial score (nSPS) is 10.7. The van der Waals surface area contributed by atoms with Crippen molar-refractivity contribution in [3.63, 3.8) is 0 Å². The van der Waals surface area contributed by atoms with Gasteiger partial charge in [0.15, 0.2) is 6.61 Å². The average Bonchev–Trinajstić information content (AvgIpc) is 3.28. The van der Waals surface area contributed by atoms with Crippen LogP contribution in [0.2, 0.25) is 0 Å². The van der Waals surface area contributed by atoms with Crippen molar-refractivity contribution in [3.8, 4) is 0 Å². The van der Waals surface area contributed by atoms with Crippen molar-refractivity contribution < 1.29 is 14.3 Å². The molecule has 0 bridgehead atoms. The molecule has 0 atom stereocenters. The van der Waals surface area contributed by atoms with Gasteiger partial charge in [-0.25, -0.2) is 4.79 Å². The van der Waals surface area contributed by atoms with E-state index in [1.807, 2.05) is 55.6 Å². The molecule has 28 heavy (non-hydrogen) atoms. The van der Waals surface area contributed by atoms with Gasteiger partial charge in [0.1, 0.15) is 5.56 Å². The second-order valence-electron chi connectivity index (χ2n) is 6.62. The molecule has 2 aromatic heterocycles. The Morgan fingerprint density at radius 1 is 1.14 bits per heavy atom. The second kappa shape index (κ2) is 8.84. The number of esters is 1. The molecule has 3 rings (SSSR count). The number of amides is 1. The molecular formula is C21H23N3O3S. The number of hydrogen-bond donors (Lipinski definition) is 1. The lowest BCUT2D eigenvalue weighted by molar-refractivity contribution is -0.124. The Hall–Kier alpha value is -2.93. The average molecular weight is 398 g/mol. The van der Waals surface area contributed by atoms with Gasteiger partial charge in [-0.3, -0.25) is 9.48 Å². The van der Waals surface area contributed by atoms with E-state index in [0.29, 0.717) is 24.3 Å². The molecule has 0 spiro atoms. The van der Waals surface area contributed by atoms with Gasteiger partial charge >= 0.3 is 5.97 Å². The molecule has 0 saturated heterocycles. The van der Waals surface area contributed by atoms with E-state index in [-0.39, 0.29) is 12.5 Å². The molecule has 3 aromatic rings. The Labute approximate surface area is 168 Å². The maximum Gasteiger partial charge on any atom is 0.342 e. The summed E-state index contributed by atoms with van der Waals surface area (Å²) in [4.78, 5) is 25.4. The molecule has 1 aromatic carbocycles.